The normalized spacial score (nSPS) is 21.0. The lowest BCUT2D eigenvalue weighted by atomic mass is 9.75. The Kier molecular flexibility index (Phi) is 10.3. The van der Waals surface area contributed by atoms with Gasteiger partial charge in [0.25, 0.3) is 5.92 Å². The average molecular weight is 592 g/mol. The molecule has 2 saturated heterocycles. The summed E-state index contributed by atoms with van der Waals surface area (Å²) >= 11 is 1.76. The van der Waals surface area contributed by atoms with Crippen LogP contribution in [-0.2, 0) is 16.1 Å². The first-order valence-electron chi connectivity index (χ1n) is 11.3. The van der Waals surface area contributed by atoms with Gasteiger partial charge < -0.3 is 15.1 Å². The molecule has 2 N–H and O–H groups in total. The standard InChI is InChI=1S/C19H23F2N3S.2C2HF3O2/c1-15-4-5-17(25-15)12-23-9-7-19(20,21)18(13-23)6-10-24(14-18)16-3-2-8-22-11-16;2*3-2(4,5)1(6)7/h2-5,8,11H,6-7,9-10,12-14H2,1H3;2*(H,6,7). The number of piperidine rings is 1. The predicted octanol–water partition coefficient (Wildman–Crippen LogP) is 5.46. The highest BCUT2D eigenvalue weighted by atomic mass is 32.1. The van der Waals surface area contributed by atoms with Crippen molar-refractivity contribution in [1.82, 2.24) is 9.88 Å². The number of carbonyl (C=O) groups is 2. The van der Waals surface area contributed by atoms with Crippen molar-refractivity contribution in [3.05, 3.63) is 46.4 Å². The zero-order valence-corrected chi connectivity index (χ0v) is 21.2. The fraction of sp³-hybridized carbons (Fsp3) is 0.522. The van der Waals surface area contributed by atoms with E-state index in [4.69, 9.17) is 19.8 Å². The van der Waals surface area contributed by atoms with E-state index >= 15 is 0 Å². The van der Waals surface area contributed by atoms with E-state index in [1.54, 1.807) is 23.7 Å². The van der Waals surface area contributed by atoms with Crippen molar-refractivity contribution in [3.8, 4) is 0 Å². The lowest BCUT2D eigenvalue weighted by Gasteiger charge is -2.46. The van der Waals surface area contributed by atoms with Crippen LogP contribution in [0.3, 0.4) is 0 Å². The van der Waals surface area contributed by atoms with Crippen LogP contribution in [0.15, 0.2) is 36.7 Å². The van der Waals surface area contributed by atoms with Crippen LogP contribution in [0.4, 0.5) is 40.8 Å². The Morgan fingerprint density at radius 2 is 1.56 bits per heavy atom. The number of hydrogen-bond acceptors (Lipinski definition) is 6. The van der Waals surface area contributed by atoms with E-state index in [2.05, 4.69) is 33.8 Å². The van der Waals surface area contributed by atoms with E-state index in [0.717, 1.165) is 12.2 Å². The maximum absolute atomic E-state index is 14.9. The van der Waals surface area contributed by atoms with Gasteiger partial charge in [0.05, 0.1) is 17.3 Å². The van der Waals surface area contributed by atoms with E-state index in [-0.39, 0.29) is 6.42 Å². The lowest BCUT2D eigenvalue weighted by Crippen LogP contribution is -2.56. The summed E-state index contributed by atoms with van der Waals surface area (Å²) in [6.45, 7) is 4.89. The number of aryl methyl sites for hydroxylation is 1. The van der Waals surface area contributed by atoms with Crippen molar-refractivity contribution in [3.63, 3.8) is 0 Å². The van der Waals surface area contributed by atoms with Crippen molar-refractivity contribution >= 4 is 29.0 Å². The Morgan fingerprint density at radius 1 is 0.974 bits per heavy atom. The summed E-state index contributed by atoms with van der Waals surface area (Å²) in [5.74, 6) is -8.12. The summed E-state index contributed by atoms with van der Waals surface area (Å²) < 4.78 is 93.3. The molecule has 4 rings (SSSR count). The van der Waals surface area contributed by atoms with Crippen molar-refractivity contribution < 1.29 is 54.9 Å². The van der Waals surface area contributed by atoms with Crippen LogP contribution in [0.2, 0.25) is 0 Å². The predicted molar refractivity (Wildman–Crippen MR) is 125 cm³/mol. The van der Waals surface area contributed by atoms with Crippen molar-refractivity contribution in [2.75, 3.05) is 31.1 Å². The van der Waals surface area contributed by atoms with E-state index in [1.807, 2.05) is 12.1 Å². The van der Waals surface area contributed by atoms with Crippen molar-refractivity contribution in [1.29, 1.82) is 0 Å². The monoisotopic (exact) mass is 591 g/mol. The molecule has 2 aromatic rings. The first kappa shape index (κ1) is 32.2. The van der Waals surface area contributed by atoms with E-state index in [1.165, 1.54) is 9.75 Å². The third kappa shape index (κ3) is 9.02. The molecule has 4 heterocycles. The van der Waals surface area contributed by atoms with Gasteiger partial charge in [-0.3, -0.25) is 9.88 Å². The van der Waals surface area contributed by atoms with Gasteiger partial charge in [-0.05, 0) is 37.6 Å². The molecule has 0 aromatic carbocycles. The maximum atomic E-state index is 14.9. The molecule has 39 heavy (non-hydrogen) atoms. The quantitative estimate of drug-likeness (QED) is 0.459. The van der Waals surface area contributed by atoms with Gasteiger partial charge in [-0.25, -0.2) is 18.4 Å². The first-order valence-corrected chi connectivity index (χ1v) is 12.1. The minimum Gasteiger partial charge on any atom is -0.475 e. The van der Waals surface area contributed by atoms with Gasteiger partial charge in [0.15, 0.2) is 0 Å². The van der Waals surface area contributed by atoms with E-state index in [0.29, 0.717) is 32.6 Å². The zero-order valence-electron chi connectivity index (χ0n) is 20.4. The molecular weight excluding hydrogens is 566 g/mol. The molecule has 2 aliphatic heterocycles. The Hall–Kier alpha value is -3.01. The SMILES string of the molecule is Cc1ccc(CN2CCC(F)(F)C3(CCN(c4cccnc4)C3)C2)s1.O=C(O)C(F)(F)F.O=C(O)C(F)(F)F. The second-order valence-electron chi connectivity index (χ2n) is 8.95. The highest BCUT2D eigenvalue weighted by Gasteiger charge is 2.59. The minimum absolute atomic E-state index is 0.0434. The van der Waals surface area contributed by atoms with Crippen molar-refractivity contribution in [2.45, 2.75) is 44.6 Å². The molecule has 0 saturated carbocycles. The minimum atomic E-state index is -5.08. The van der Waals surface area contributed by atoms with Gasteiger partial charge >= 0.3 is 24.3 Å². The van der Waals surface area contributed by atoms with Crippen LogP contribution in [0.1, 0.15) is 22.6 Å². The molecule has 1 spiro atoms. The first-order chi connectivity index (χ1) is 17.9. The molecule has 0 bridgehead atoms. The Balaban J connectivity index is 0.000000317. The van der Waals surface area contributed by atoms with Crippen LogP contribution in [0.5, 0.6) is 0 Å². The maximum Gasteiger partial charge on any atom is 0.490 e. The number of carboxylic acid groups (broad SMARTS) is 2. The molecule has 2 aliphatic rings. The third-order valence-corrected chi connectivity index (χ3v) is 7.05. The van der Waals surface area contributed by atoms with Crippen molar-refractivity contribution in [2.24, 2.45) is 5.41 Å². The molecule has 16 heteroatoms. The summed E-state index contributed by atoms with van der Waals surface area (Å²) in [5, 5.41) is 14.2. The molecule has 0 amide bonds. The summed E-state index contributed by atoms with van der Waals surface area (Å²) in [7, 11) is 0. The molecular formula is C23H25F8N3O4S. The number of aromatic nitrogens is 1. The Morgan fingerprint density at radius 3 is 2.03 bits per heavy atom. The van der Waals surface area contributed by atoms with Crippen LogP contribution in [0, 0.1) is 12.3 Å². The number of nitrogens with zero attached hydrogens (tertiary/aromatic N) is 3. The van der Waals surface area contributed by atoms with Crippen LogP contribution in [0.25, 0.3) is 0 Å². The second kappa shape index (κ2) is 12.4. The molecule has 7 nitrogen and oxygen atoms in total. The molecule has 218 valence electrons. The molecule has 2 fully saturated rings. The van der Waals surface area contributed by atoms with Gasteiger partial charge in [0.1, 0.15) is 0 Å². The topological polar surface area (TPSA) is 94.0 Å². The number of thiophene rings is 1. The van der Waals surface area contributed by atoms with E-state index in [9.17, 15) is 35.1 Å². The van der Waals surface area contributed by atoms with Crippen LogP contribution < -0.4 is 4.90 Å². The fourth-order valence-electron chi connectivity index (χ4n) is 4.17. The number of halogens is 8. The second-order valence-corrected chi connectivity index (χ2v) is 10.3. The fourth-order valence-corrected chi connectivity index (χ4v) is 5.11. The average Bonchev–Trinajstić information content (AvgIpc) is 3.44. The van der Waals surface area contributed by atoms with Gasteiger partial charge in [-0.1, -0.05) is 0 Å². The van der Waals surface area contributed by atoms with E-state index < -0.39 is 35.6 Å². The Bertz CT molecular complexity index is 1090. The smallest absolute Gasteiger partial charge is 0.475 e. The number of aliphatic carboxylic acids is 2. The number of carboxylic acids is 2. The van der Waals surface area contributed by atoms with Gasteiger partial charge in [-0.2, -0.15) is 26.3 Å². The summed E-state index contributed by atoms with van der Waals surface area (Å²) in [6, 6.07) is 8.05. The summed E-state index contributed by atoms with van der Waals surface area (Å²) in [6.07, 6.45) is -6.19. The molecule has 1 unspecified atom stereocenters. The number of likely N-dealkylation sites (tertiary alicyclic amines) is 1. The lowest BCUT2D eigenvalue weighted by molar-refractivity contribution is -0.193. The molecule has 2 aromatic heterocycles. The Labute approximate surface area is 221 Å². The molecule has 0 radical (unpaired) electrons. The highest BCUT2D eigenvalue weighted by Crippen LogP contribution is 2.50. The number of anilines is 1. The zero-order chi connectivity index (χ0) is 29.6. The largest absolute Gasteiger partial charge is 0.490 e. The van der Waals surface area contributed by atoms with Gasteiger partial charge in [-0.15, -0.1) is 11.3 Å². The summed E-state index contributed by atoms with van der Waals surface area (Å²) in [4.78, 5) is 28.8. The van der Waals surface area contributed by atoms with Crippen LogP contribution in [-0.4, -0.2) is 76.5 Å². The number of pyridine rings is 1. The molecule has 1 atom stereocenters. The van der Waals surface area contributed by atoms with Gasteiger partial charge in [0, 0.05) is 55.1 Å². The summed E-state index contributed by atoms with van der Waals surface area (Å²) in [5.41, 5.74) is -0.00546. The number of alkyl halides is 8. The van der Waals surface area contributed by atoms with Gasteiger partial charge in [0.2, 0.25) is 0 Å². The highest BCUT2D eigenvalue weighted by molar-refractivity contribution is 7.11. The molecule has 0 aliphatic carbocycles. The number of rotatable bonds is 3. The van der Waals surface area contributed by atoms with Crippen LogP contribution >= 0.6 is 11.3 Å². The third-order valence-electron chi connectivity index (χ3n) is 6.07. The number of hydrogen-bond donors (Lipinski definition) is 2.